The Morgan fingerprint density at radius 2 is 1.71 bits per heavy atom. The van der Waals surface area contributed by atoms with Crippen molar-refractivity contribution in [3.8, 4) is 6.07 Å². The third-order valence-electron chi connectivity index (χ3n) is 3.74. The minimum atomic E-state index is -0.433. The highest BCUT2D eigenvalue weighted by Gasteiger charge is 2.14. The normalized spacial score (nSPS) is 11.5. The number of nitro benzene ring substituents is 1. The lowest BCUT2D eigenvalue weighted by atomic mass is 9.90. The quantitative estimate of drug-likeness (QED) is 0.470. The van der Waals surface area contributed by atoms with Gasteiger partial charge in [-0.05, 0) is 35.1 Å². The number of benzene rings is 2. The van der Waals surface area contributed by atoms with Crippen LogP contribution in [0.25, 0.3) is 11.1 Å². The van der Waals surface area contributed by atoms with Gasteiger partial charge < -0.3 is 5.11 Å². The third-order valence-corrected chi connectivity index (χ3v) is 3.74. The lowest BCUT2D eigenvalue weighted by Gasteiger charge is -2.15. The number of rotatable bonds is 7. The van der Waals surface area contributed by atoms with Gasteiger partial charge in [0.1, 0.15) is 0 Å². The molecule has 1 N–H and O–H groups in total. The molecule has 24 heavy (non-hydrogen) atoms. The maximum absolute atomic E-state index is 11.0. The van der Waals surface area contributed by atoms with E-state index in [0.717, 1.165) is 16.7 Å². The van der Waals surface area contributed by atoms with E-state index in [1.54, 1.807) is 12.1 Å². The van der Waals surface area contributed by atoms with Gasteiger partial charge in [-0.25, -0.2) is 0 Å². The van der Waals surface area contributed by atoms with Crippen molar-refractivity contribution in [2.75, 3.05) is 6.61 Å². The first-order valence-electron chi connectivity index (χ1n) is 7.67. The summed E-state index contributed by atoms with van der Waals surface area (Å²) in [4.78, 5) is 10.6. The molecule has 0 spiro atoms. The molecule has 0 atom stereocenters. The van der Waals surface area contributed by atoms with Gasteiger partial charge in [-0.3, -0.25) is 10.1 Å². The van der Waals surface area contributed by atoms with E-state index < -0.39 is 4.92 Å². The molecule has 2 aromatic carbocycles. The fraction of sp³-hybridized carbons (Fsp3) is 0.211. The van der Waals surface area contributed by atoms with Crippen molar-refractivity contribution < 1.29 is 10.0 Å². The predicted octanol–water partition coefficient (Wildman–Crippen LogP) is 4.19. The topological polar surface area (TPSA) is 87.2 Å². The summed E-state index contributed by atoms with van der Waals surface area (Å²) < 4.78 is 0. The average molecular weight is 322 g/mol. The van der Waals surface area contributed by atoms with Crippen LogP contribution in [0, 0.1) is 21.4 Å². The van der Waals surface area contributed by atoms with Gasteiger partial charge >= 0.3 is 0 Å². The molecule has 0 amide bonds. The number of non-ortho nitro benzene ring substituents is 1. The zero-order valence-electron chi connectivity index (χ0n) is 13.2. The number of hydrogen-bond donors (Lipinski definition) is 1. The number of allylic oxidation sites excluding steroid dienone is 1. The molecular formula is C19H18N2O3. The first-order chi connectivity index (χ1) is 11.7. The molecule has 0 saturated carbocycles. The van der Waals surface area contributed by atoms with Crippen molar-refractivity contribution >= 4 is 16.8 Å². The van der Waals surface area contributed by atoms with Gasteiger partial charge in [-0.15, -0.1) is 0 Å². The van der Waals surface area contributed by atoms with Crippen molar-refractivity contribution in [3.63, 3.8) is 0 Å². The number of nitriles is 1. The fourth-order valence-electron chi connectivity index (χ4n) is 2.68. The standard InChI is InChI=1S/C19H18N2O3/c20-12-5-10-18(15-6-2-1-3-7-15)19(11-13-22)16-8-4-9-17(14-16)21(23)24/h1-4,6-9,14,22H,5,10-11,13H2/b19-18+. The van der Waals surface area contributed by atoms with Crippen LogP contribution in [0.15, 0.2) is 54.6 Å². The largest absolute Gasteiger partial charge is 0.396 e. The molecule has 122 valence electrons. The van der Waals surface area contributed by atoms with Gasteiger partial charge in [0, 0.05) is 25.2 Å². The number of hydrogen-bond acceptors (Lipinski definition) is 4. The molecule has 0 aliphatic rings. The Morgan fingerprint density at radius 3 is 2.33 bits per heavy atom. The number of aliphatic hydroxyl groups is 1. The summed E-state index contributed by atoms with van der Waals surface area (Å²) in [6, 6.07) is 18.1. The smallest absolute Gasteiger partial charge is 0.270 e. The number of nitro groups is 1. The molecule has 0 saturated heterocycles. The molecule has 0 aliphatic carbocycles. The summed E-state index contributed by atoms with van der Waals surface area (Å²) in [5.74, 6) is 0. The number of aliphatic hydroxyl groups excluding tert-OH is 1. The summed E-state index contributed by atoms with van der Waals surface area (Å²) in [5.41, 5.74) is 3.45. The van der Waals surface area contributed by atoms with Gasteiger partial charge in [0.05, 0.1) is 11.0 Å². The zero-order chi connectivity index (χ0) is 17.4. The highest BCUT2D eigenvalue weighted by molar-refractivity contribution is 5.91. The van der Waals surface area contributed by atoms with Crippen molar-refractivity contribution in [1.82, 2.24) is 0 Å². The molecule has 0 aromatic heterocycles. The van der Waals surface area contributed by atoms with Crippen LogP contribution in [0.3, 0.4) is 0 Å². The SMILES string of the molecule is N#CCC/C(=C(/CCO)c1cccc([N+](=O)[O-])c1)c1ccccc1. The molecule has 0 unspecified atom stereocenters. The highest BCUT2D eigenvalue weighted by atomic mass is 16.6. The van der Waals surface area contributed by atoms with Crippen molar-refractivity contribution in [3.05, 3.63) is 75.8 Å². The molecule has 0 bridgehead atoms. The maximum Gasteiger partial charge on any atom is 0.270 e. The van der Waals surface area contributed by atoms with Crippen molar-refractivity contribution in [2.24, 2.45) is 0 Å². The molecule has 2 aromatic rings. The Labute approximate surface area is 140 Å². The van der Waals surface area contributed by atoms with Crippen LogP contribution in [0.1, 0.15) is 30.4 Å². The van der Waals surface area contributed by atoms with E-state index in [0.29, 0.717) is 24.8 Å². The second-order valence-electron chi connectivity index (χ2n) is 5.26. The molecule has 5 heteroatoms. The lowest BCUT2D eigenvalue weighted by Crippen LogP contribution is -1.97. The van der Waals surface area contributed by atoms with Gasteiger partial charge in [0.15, 0.2) is 0 Å². The molecule has 5 nitrogen and oxygen atoms in total. The maximum atomic E-state index is 11.0. The van der Waals surface area contributed by atoms with E-state index in [9.17, 15) is 15.2 Å². The predicted molar refractivity (Wildman–Crippen MR) is 92.9 cm³/mol. The van der Waals surface area contributed by atoms with Gasteiger partial charge in [-0.2, -0.15) is 5.26 Å². The van der Waals surface area contributed by atoms with Crippen LogP contribution >= 0.6 is 0 Å². The Hall–Kier alpha value is -2.97. The molecular weight excluding hydrogens is 304 g/mol. The fourth-order valence-corrected chi connectivity index (χ4v) is 2.68. The van der Waals surface area contributed by atoms with Crippen LogP contribution in [0.4, 0.5) is 5.69 Å². The van der Waals surface area contributed by atoms with E-state index in [1.807, 2.05) is 30.3 Å². The second-order valence-corrected chi connectivity index (χ2v) is 5.26. The van der Waals surface area contributed by atoms with Crippen LogP contribution in [0.2, 0.25) is 0 Å². The minimum Gasteiger partial charge on any atom is -0.396 e. The molecule has 2 rings (SSSR count). The Morgan fingerprint density at radius 1 is 1.04 bits per heavy atom. The summed E-state index contributed by atoms with van der Waals surface area (Å²) in [7, 11) is 0. The van der Waals surface area contributed by atoms with E-state index in [2.05, 4.69) is 6.07 Å². The second kappa shape index (κ2) is 8.61. The first kappa shape index (κ1) is 17.4. The molecule has 0 aliphatic heterocycles. The van der Waals surface area contributed by atoms with E-state index in [-0.39, 0.29) is 12.3 Å². The van der Waals surface area contributed by atoms with Crippen molar-refractivity contribution in [2.45, 2.75) is 19.3 Å². The Balaban J connectivity index is 2.61. The van der Waals surface area contributed by atoms with Crippen LogP contribution in [0.5, 0.6) is 0 Å². The Bertz CT molecular complexity index is 777. The number of nitrogens with zero attached hydrogens (tertiary/aromatic N) is 2. The van der Waals surface area contributed by atoms with Crippen LogP contribution < -0.4 is 0 Å². The zero-order valence-corrected chi connectivity index (χ0v) is 13.2. The van der Waals surface area contributed by atoms with Crippen LogP contribution in [-0.4, -0.2) is 16.6 Å². The summed E-state index contributed by atoms with van der Waals surface area (Å²) in [5, 5.41) is 29.5. The lowest BCUT2D eigenvalue weighted by molar-refractivity contribution is -0.384. The Kier molecular flexibility index (Phi) is 6.23. The van der Waals surface area contributed by atoms with Crippen LogP contribution in [-0.2, 0) is 0 Å². The van der Waals surface area contributed by atoms with E-state index in [1.165, 1.54) is 12.1 Å². The van der Waals surface area contributed by atoms with Gasteiger partial charge in [0.25, 0.3) is 5.69 Å². The van der Waals surface area contributed by atoms with Gasteiger partial charge in [-0.1, -0.05) is 42.5 Å². The molecule has 0 fully saturated rings. The average Bonchev–Trinajstić information content (AvgIpc) is 2.62. The van der Waals surface area contributed by atoms with E-state index >= 15 is 0 Å². The molecule has 0 radical (unpaired) electrons. The molecule has 0 heterocycles. The minimum absolute atomic E-state index is 0.00985. The van der Waals surface area contributed by atoms with Crippen molar-refractivity contribution in [1.29, 1.82) is 5.26 Å². The monoisotopic (exact) mass is 322 g/mol. The van der Waals surface area contributed by atoms with Gasteiger partial charge in [0.2, 0.25) is 0 Å². The highest BCUT2D eigenvalue weighted by Crippen LogP contribution is 2.33. The first-order valence-corrected chi connectivity index (χ1v) is 7.67. The summed E-state index contributed by atoms with van der Waals surface area (Å²) in [6.07, 6.45) is 1.24. The third kappa shape index (κ3) is 4.28. The van der Waals surface area contributed by atoms with E-state index in [4.69, 9.17) is 5.26 Å². The summed E-state index contributed by atoms with van der Waals surface area (Å²) >= 11 is 0. The summed E-state index contributed by atoms with van der Waals surface area (Å²) in [6.45, 7) is -0.0685.